The first-order chi connectivity index (χ1) is 5.72. The molecule has 1 aromatic heterocycles. The highest BCUT2D eigenvalue weighted by Gasteiger charge is 2.03. The molecule has 0 aliphatic heterocycles. The minimum atomic E-state index is -0.444. The predicted molar refractivity (Wildman–Crippen MR) is 41.2 cm³/mol. The molecule has 0 amide bonds. The van der Waals surface area contributed by atoms with E-state index in [0.717, 1.165) is 5.69 Å². The summed E-state index contributed by atoms with van der Waals surface area (Å²) < 4.78 is 5.56. The fourth-order valence-electron chi connectivity index (χ4n) is 0.799. The first-order valence-corrected chi connectivity index (χ1v) is 3.47. The Hall–Kier alpha value is -1.33. The molecule has 1 aromatic rings. The summed E-state index contributed by atoms with van der Waals surface area (Å²) in [5.74, 6) is -0.444. The fraction of sp³-hybridized carbons (Fsp3) is 0.500. The van der Waals surface area contributed by atoms with E-state index in [-0.39, 0.29) is 6.42 Å². The molecule has 0 spiro atoms. The summed E-state index contributed by atoms with van der Waals surface area (Å²) >= 11 is 0. The van der Waals surface area contributed by atoms with E-state index in [4.69, 9.17) is 0 Å². The van der Waals surface area contributed by atoms with Crippen LogP contribution in [0.2, 0.25) is 0 Å². The lowest BCUT2D eigenvalue weighted by Gasteiger charge is -1.95. The number of hydrogen-bond acceptors (Lipinski definition) is 4. The van der Waals surface area contributed by atoms with Crippen molar-refractivity contribution in [3.8, 4) is 0 Å². The van der Waals surface area contributed by atoms with Crippen molar-refractivity contribution in [1.82, 2.24) is 15.0 Å². The molecule has 6 heteroatoms. The number of hydrogen-bond donors (Lipinski definition) is 0. The molecular formula is C6H8BN3O2. The summed E-state index contributed by atoms with van der Waals surface area (Å²) in [7, 11) is 6.41. The Morgan fingerprint density at radius 3 is 3.08 bits per heavy atom. The zero-order valence-corrected chi connectivity index (χ0v) is 6.73. The van der Waals surface area contributed by atoms with Gasteiger partial charge >= 0.3 is 8.05 Å². The maximum Gasteiger partial charge on any atom is 0.378 e. The van der Waals surface area contributed by atoms with E-state index >= 15 is 0 Å². The third-order valence-corrected chi connectivity index (χ3v) is 1.37. The highest BCUT2D eigenvalue weighted by Crippen LogP contribution is 1.97. The van der Waals surface area contributed by atoms with Gasteiger partial charge in [0.1, 0.15) is 0 Å². The van der Waals surface area contributed by atoms with Gasteiger partial charge in [-0.05, 0) is 0 Å². The molecular weight excluding hydrogens is 157 g/mol. The van der Waals surface area contributed by atoms with Crippen LogP contribution in [-0.4, -0.2) is 29.0 Å². The number of rotatable bonds is 3. The van der Waals surface area contributed by atoms with E-state index in [2.05, 4.69) is 23.0 Å². The number of carbonyl (C=O) groups excluding carboxylic acids is 1. The summed E-state index contributed by atoms with van der Waals surface area (Å²) in [6, 6.07) is 0. The maximum absolute atomic E-state index is 10.6. The summed E-state index contributed by atoms with van der Waals surface area (Å²) in [4.78, 5) is 10.6. The molecule has 2 radical (unpaired) electrons. The van der Waals surface area contributed by atoms with Crippen molar-refractivity contribution in [2.45, 2.75) is 12.8 Å². The Labute approximate surface area is 71.1 Å². The average Bonchev–Trinajstić information content (AvgIpc) is 2.47. The van der Waals surface area contributed by atoms with E-state index in [1.165, 1.54) is 0 Å². The first-order valence-electron chi connectivity index (χ1n) is 3.47. The molecule has 0 aliphatic rings. The zero-order chi connectivity index (χ0) is 8.97. The number of aromatic nitrogens is 3. The Morgan fingerprint density at radius 1 is 1.83 bits per heavy atom. The lowest BCUT2D eigenvalue weighted by molar-refractivity contribution is -0.134. The van der Waals surface area contributed by atoms with Crippen molar-refractivity contribution in [3.63, 3.8) is 0 Å². The van der Waals surface area contributed by atoms with E-state index in [9.17, 15) is 4.79 Å². The van der Waals surface area contributed by atoms with Crippen LogP contribution in [0.4, 0.5) is 0 Å². The van der Waals surface area contributed by atoms with Gasteiger partial charge in [-0.2, -0.15) is 0 Å². The van der Waals surface area contributed by atoms with Crippen LogP contribution in [0.5, 0.6) is 0 Å². The number of nitrogens with zero attached hydrogens (tertiary/aromatic N) is 3. The second kappa shape index (κ2) is 3.89. The summed E-state index contributed by atoms with van der Waals surface area (Å²) in [5, 5.41) is 7.49. The minimum absolute atomic E-state index is 0.231. The second-order valence-corrected chi connectivity index (χ2v) is 2.37. The molecule has 0 aromatic carbocycles. The van der Waals surface area contributed by atoms with Crippen molar-refractivity contribution in [3.05, 3.63) is 11.9 Å². The molecule has 0 saturated heterocycles. The number of carbonyl (C=O) groups is 1. The van der Waals surface area contributed by atoms with Gasteiger partial charge in [-0.1, -0.05) is 5.21 Å². The van der Waals surface area contributed by atoms with E-state index in [1.807, 2.05) is 0 Å². The van der Waals surface area contributed by atoms with E-state index < -0.39 is 5.97 Å². The Morgan fingerprint density at radius 2 is 2.58 bits per heavy atom. The van der Waals surface area contributed by atoms with E-state index in [1.54, 1.807) is 17.9 Å². The third-order valence-electron chi connectivity index (χ3n) is 1.37. The molecule has 0 saturated carbocycles. The third kappa shape index (κ3) is 2.37. The van der Waals surface area contributed by atoms with Crippen LogP contribution < -0.4 is 0 Å². The van der Waals surface area contributed by atoms with Crippen LogP contribution >= 0.6 is 0 Å². The highest BCUT2D eigenvalue weighted by atomic mass is 16.5. The Bertz CT molecular complexity index is 274. The molecule has 0 N–H and O–H groups in total. The van der Waals surface area contributed by atoms with Gasteiger partial charge in [-0.3, -0.25) is 9.48 Å². The van der Waals surface area contributed by atoms with E-state index in [0.29, 0.717) is 6.42 Å². The molecule has 0 unspecified atom stereocenters. The van der Waals surface area contributed by atoms with Gasteiger partial charge in [0.25, 0.3) is 5.97 Å². The molecule has 1 rings (SSSR count). The number of aryl methyl sites for hydroxylation is 2. The highest BCUT2D eigenvalue weighted by molar-refractivity contribution is 6.05. The summed E-state index contributed by atoms with van der Waals surface area (Å²) in [6.07, 6.45) is 2.48. The summed E-state index contributed by atoms with van der Waals surface area (Å²) in [6.45, 7) is 0. The van der Waals surface area contributed by atoms with Gasteiger partial charge in [0.2, 0.25) is 0 Å². The SMILES string of the molecule is [B]OC(=O)CCc1cn(C)nn1. The smallest absolute Gasteiger partial charge is 0.378 e. The van der Waals surface area contributed by atoms with Gasteiger partial charge in [0.15, 0.2) is 0 Å². The molecule has 5 nitrogen and oxygen atoms in total. The van der Waals surface area contributed by atoms with Crippen LogP contribution in [-0.2, 0) is 22.9 Å². The minimum Gasteiger partial charge on any atom is -0.543 e. The lowest BCUT2D eigenvalue weighted by Crippen LogP contribution is -2.02. The van der Waals surface area contributed by atoms with Crippen molar-refractivity contribution in [2.75, 3.05) is 0 Å². The van der Waals surface area contributed by atoms with Crippen molar-refractivity contribution in [1.29, 1.82) is 0 Å². The van der Waals surface area contributed by atoms with Crippen molar-refractivity contribution < 1.29 is 9.45 Å². The zero-order valence-electron chi connectivity index (χ0n) is 6.73. The van der Waals surface area contributed by atoms with Gasteiger partial charge in [-0.25, -0.2) is 0 Å². The summed E-state index contributed by atoms with van der Waals surface area (Å²) in [5.41, 5.74) is 0.753. The normalized spacial score (nSPS) is 9.75. The molecule has 62 valence electrons. The molecule has 0 bridgehead atoms. The van der Waals surface area contributed by atoms with Gasteiger partial charge in [0.05, 0.1) is 5.69 Å². The topological polar surface area (TPSA) is 57.0 Å². The largest absolute Gasteiger partial charge is 0.543 e. The quantitative estimate of drug-likeness (QED) is 0.559. The molecule has 0 fully saturated rings. The van der Waals surface area contributed by atoms with Crippen LogP contribution in [0.25, 0.3) is 0 Å². The first kappa shape index (κ1) is 8.77. The van der Waals surface area contributed by atoms with Crippen LogP contribution in [0.1, 0.15) is 12.1 Å². The van der Waals surface area contributed by atoms with Crippen LogP contribution in [0.15, 0.2) is 6.20 Å². The van der Waals surface area contributed by atoms with Gasteiger partial charge in [-0.15, -0.1) is 5.10 Å². The second-order valence-electron chi connectivity index (χ2n) is 2.37. The van der Waals surface area contributed by atoms with Crippen molar-refractivity contribution >= 4 is 14.0 Å². The monoisotopic (exact) mass is 165 g/mol. The molecule has 0 atom stereocenters. The van der Waals surface area contributed by atoms with Crippen LogP contribution in [0, 0.1) is 0 Å². The molecule has 1 heterocycles. The molecule has 12 heavy (non-hydrogen) atoms. The van der Waals surface area contributed by atoms with Crippen LogP contribution in [0.3, 0.4) is 0 Å². The van der Waals surface area contributed by atoms with Gasteiger partial charge < -0.3 is 4.65 Å². The maximum atomic E-state index is 10.6. The van der Waals surface area contributed by atoms with Gasteiger partial charge in [0, 0.05) is 26.1 Å². The molecule has 0 aliphatic carbocycles. The van der Waals surface area contributed by atoms with Crippen molar-refractivity contribution in [2.24, 2.45) is 7.05 Å². The Kier molecular flexibility index (Phi) is 2.84. The standard InChI is InChI=1S/C6H8BN3O2/c1-10-4-5(8-9-10)2-3-6(11)12-7/h4H,2-3H2,1H3. The Balaban J connectivity index is 2.38. The average molecular weight is 165 g/mol. The lowest BCUT2D eigenvalue weighted by atomic mass is 10.2. The predicted octanol–water partition coefficient (Wildman–Crippen LogP) is -0.626. The fourth-order valence-corrected chi connectivity index (χ4v) is 0.799.